The molecule has 118 valence electrons. The fraction of sp³-hybridized carbons (Fsp3) is 0.786. The number of anilines is 1. The number of nitrogens with one attached hydrogen (secondary N) is 2. The zero-order chi connectivity index (χ0) is 15.1. The van der Waals surface area contributed by atoms with Gasteiger partial charge in [-0.2, -0.15) is 0 Å². The highest BCUT2D eigenvalue weighted by Gasteiger charge is 2.20. The lowest BCUT2D eigenvalue weighted by molar-refractivity contribution is 0.139. The minimum Gasteiger partial charge on any atom is -0.338 e. The van der Waals surface area contributed by atoms with Gasteiger partial charge in [0.2, 0.25) is 5.13 Å². The summed E-state index contributed by atoms with van der Waals surface area (Å²) in [7, 11) is 0. The Balaban J connectivity index is 1.52. The number of hydrogen-bond acceptors (Lipinski definition) is 5. The van der Waals surface area contributed by atoms with Gasteiger partial charge in [-0.15, -0.1) is 10.2 Å². The van der Waals surface area contributed by atoms with Crippen LogP contribution in [0.5, 0.6) is 0 Å². The van der Waals surface area contributed by atoms with Gasteiger partial charge < -0.3 is 10.2 Å². The van der Waals surface area contributed by atoms with Gasteiger partial charge in [0.05, 0.1) is 0 Å². The number of urea groups is 1. The van der Waals surface area contributed by atoms with Crippen LogP contribution in [0.4, 0.5) is 9.93 Å². The number of aromatic nitrogens is 2. The van der Waals surface area contributed by atoms with Crippen molar-refractivity contribution in [3.63, 3.8) is 0 Å². The Kier molecular flexibility index (Phi) is 6.38. The third-order valence-corrected chi connectivity index (χ3v) is 4.32. The molecule has 1 saturated heterocycles. The second-order valence-electron chi connectivity index (χ2n) is 6.04. The van der Waals surface area contributed by atoms with Crippen LogP contribution < -0.4 is 10.6 Å². The molecule has 6 nitrogen and oxygen atoms in total. The number of piperidine rings is 1. The van der Waals surface area contributed by atoms with Crippen molar-refractivity contribution in [2.75, 3.05) is 31.5 Å². The SMILES string of the molecule is C[C@H]1C[C@H](C)CN(CCCCNC(=O)Nc2nncs2)C1. The van der Waals surface area contributed by atoms with Crippen molar-refractivity contribution in [3.05, 3.63) is 5.51 Å². The van der Waals surface area contributed by atoms with Gasteiger partial charge in [-0.1, -0.05) is 25.2 Å². The number of unbranched alkanes of at least 4 members (excludes halogenated alkanes) is 1. The van der Waals surface area contributed by atoms with E-state index < -0.39 is 0 Å². The number of carbonyl (C=O) groups excluding carboxylic acids is 1. The van der Waals surface area contributed by atoms with Gasteiger partial charge in [-0.3, -0.25) is 5.32 Å². The van der Waals surface area contributed by atoms with E-state index in [2.05, 4.69) is 39.6 Å². The van der Waals surface area contributed by atoms with E-state index in [-0.39, 0.29) is 6.03 Å². The van der Waals surface area contributed by atoms with Crippen molar-refractivity contribution in [3.8, 4) is 0 Å². The smallest absolute Gasteiger partial charge is 0.321 e. The summed E-state index contributed by atoms with van der Waals surface area (Å²) in [6.07, 6.45) is 3.48. The van der Waals surface area contributed by atoms with Crippen LogP contribution in [-0.2, 0) is 0 Å². The Labute approximate surface area is 130 Å². The van der Waals surface area contributed by atoms with E-state index in [0.717, 1.165) is 31.2 Å². The molecule has 0 bridgehead atoms. The van der Waals surface area contributed by atoms with Crippen molar-refractivity contribution >= 4 is 22.5 Å². The number of carbonyl (C=O) groups is 1. The summed E-state index contributed by atoms with van der Waals surface area (Å²) in [5, 5.41) is 13.5. The van der Waals surface area contributed by atoms with Crippen LogP contribution in [0.2, 0.25) is 0 Å². The number of likely N-dealkylation sites (tertiary alicyclic amines) is 1. The maximum absolute atomic E-state index is 11.6. The van der Waals surface area contributed by atoms with Gasteiger partial charge in [0, 0.05) is 19.6 Å². The molecule has 0 spiro atoms. The van der Waals surface area contributed by atoms with E-state index in [0.29, 0.717) is 11.7 Å². The monoisotopic (exact) mass is 311 g/mol. The molecular weight excluding hydrogens is 286 g/mol. The molecule has 0 aliphatic carbocycles. The van der Waals surface area contributed by atoms with Crippen LogP contribution in [-0.4, -0.2) is 47.3 Å². The standard InChI is InChI=1S/C14H25N5OS/c1-11-7-12(2)9-19(8-11)6-4-3-5-15-13(20)17-14-18-16-10-21-14/h10-12H,3-9H2,1-2H3,(H2,15,17,18,20)/t11-,12-/m0/s1. The Morgan fingerprint density at radius 2 is 2.14 bits per heavy atom. The lowest BCUT2D eigenvalue weighted by atomic mass is 9.92. The van der Waals surface area contributed by atoms with Crippen LogP contribution in [0, 0.1) is 11.8 Å². The summed E-state index contributed by atoms with van der Waals surface area (Å²) >= 11 is 1.31. The minimum absolute atomic E-state index is 0.202. The Bertz CT molecular complexity index is 415. The molecule has 2 heterocycles. The molecular formula is C14H25N5OS. The van der Waals surface area contributed by atoms with Gasteiger partial charge in [-0.25, -0.2) is 4.79 Å². The molecule has 21 heavy (non-hydrogen) atoms. The second kappa shape index (κ2) is 8.29. The topological polar surface area (TPSA) is 70.2 Å². The van der Waals surface area contributed by atoms with Gasteiger partial charge >= 0.3 is 6.03 Å². The lowest BCUT2D eigenvalue weighted by Gasteiger charge is -2.34. The highest BCUT2D eigenvalue weighted by Crippen LogP contribution is 2.20. The molecule has 1 fully saturated rings. The Hall–Kier alpha value is -1.21. The largest absolute Gasteiger partial charge is 0.338 e. The van der Waals surface area contributed by atoms with Gasteiger partial charge in [0.1, 0.15) is 5.51 Å². The number of rotatable bonds is 6. The van der Waals surface area contributed by atoms with Crippen LogP contribution in [0.1, 0.15) is 33.1 Å². The highest BCUT2D eigenvalue weighted by atomic mass is 32.1. The van der Waals surface area contributed by atoms with E-state index in [4.69, 9.17) is 0 Å². The minimum atomic E-state index is -0.202. The van der Waals surface area contributed by atoms with Crippen LogP contribution in [0.3, 0.4) is 0 Å². The summed E-state index contributed by atoms with van der Waals surface area (Å²) < 4.78 is 0. The normalized spacial score (nSPS) is 23.0. The van der Waals surface area contributed by atoms with Crippen molar-refractivity contribution in [1.82, 2.24) is 20.4 Å². The van der Waals surface area contributed by atoms with E-state index in [1.165, 1.54) is 30.8 Å². The quantitative estimate of drug-likeness (QED) is 0.792. The van der Waals surface area contributed by atoms with Crippen LogP contribution in [0.25, 0.3) is 0 Å². The molecule has 1 aromatic rings. The second-order valence-corrected chi connectivity index (χ2v) is 6.87. The fourth-order valence-corrected chi connectivity index (χ4v) is 3.45. The van der Waals surface area contributed by atoms with E-state index in [9.17, 15) is 4.79 Å². The first kappa shape index (κ1) is 16.2. The van der Waals surface area contributed by atoms with Crippen molar-refractivity contribution in [2.24, 2.45) is 11.8 Å². The van der Waals surface area contributed by atoms with E-state index in [1.54, 1.807) is 5.51 Å². The Morgan fingerprint density at radius 3 is 2.81 bits per heavy atom. The molecule has 2 N–H and O–H groups in total. The highest BCUT2D eigenvalue weighted by molar-refractivity contribution is 7.13. The van der Waals surface area contributed by atoms with E-state index >= 15 is 0 Å². The third kappa shape index (κ3) is 5.97. The molecule has 1 aromatic heterocycles. The molecule has 0 radical (unpaired) electrons. The molecule has 1 aliphatic heterocycles. The molecule has 0 saturated carbocycles. The summed E-state index contributed by atoms with van der Waals surface area (Å²) in [6.45, 7) is 8.94. The van der Waals surface area contributed by atoms with Crippen molar-refractivity contribution in [1.29, 1.82) is 0 Å². The maximum Gasteiger partial charge on any atom is 0.321 e. The first-order valence-corrected chi connectivity index (χ1v) is 8.55. The summed E-state index contributed by atoms with van der Waals surface area (Å²) in [4.78, 5) is 14.1. The molecule has 0 aromatic carbocycles. The molecule has 0 unspecified atom stereocenters. The summed E-state index contributed by atoms with van der Waals surface area (Å²) in [5.41, 5.74) is 1.59. The van der Waals surface area contributed by atoms with Crippen molar-refractivity contribution in [2.45, 2.75) is 33.1 Å². The lowest BCUT2D eigenvalue weighted by Crippen LogP contribution is -2.39. The predicted octanol–water partition coefficient (Wildman–Crippen LogP) is 2.42. The Morgan fingerprint density at radius 1 is 1.38 bits per heavy atom. The average molecular weight is 311 g/mol. The molecule has 1 aliphatic rings. The molecule has 7 heteroatoms. The maximum atomic E-state index is 11.6. The first-order valence-electron chi connectivity index (χ1n) is 7.67. The van der Waals surface area contributed by atoms with E-state index in [1.807, 2.05) is 0 Å². The first-order chi connectivity index (χ1) is 10.1. The van der Waals surface area contributed by atoms with Crippen LogP contribution in [0.15, 0.2) is 5.51 Å². The predicted molar refractivity (Wildman–Crippen MR) is 85.5 cm³/mol. The number of hydrogen-bond donors (Lipinski definition) is 2. The zero-order valence-corrected chi connectivity index (χ0v) is 13.7. The number of nitrogens with zero attached hydrogens (tertiary/aromatic N) is 3. The van der Waals surface area contributed by atoms with Gasteiger partial charge in [0.25, 0.3) is 0 Å². The fourth-order valence-electron chi connectivity index (χ4n) is 3.01. The number of amides is 2. The van der Waals surface area contributed by atoms with Gasteiger partial charge in [-0.05, 0) is 37.6 Å². The zero-order valence-electron chi connectivity index (χ0n) is 12.8. The molecule has 2 rings (SSSR count). The summed E-state index contributed by atoms with van der Waals surface area (Å²) in [6, 6.07) is -0.202. The van der Waals surface area contributed by atoms with Gasteiger partial charge in [0.15, 0.2) is 0 Å². The third-order valence-electron chi connectivity index (χ3n) is 3.71. The summed E-state index contributed by atoms with van der Waals surface area (Å²) in [5.74, 6) is 1.62. The average Bonchev–Trinajstić information content (AvgIpc) is 2.90. The molecule has 2 amide bonds. The molecule has 2 atom stereocenters. The van der Waals surface area contributed by atoms with Crippen molar-refractivity contribution < 1.29 is 4.79 Å². The van der Waals surface area contributed by atoms with Crippen LogP contribution >= 0.6 is 11.3 Å².